The average Bonchev–Trinajstić information content (AvgIpc) is 2.82. The maximum Gasteiger partial charge on any atom is 0.327 e. The summed E-state index contributed by atoms with van der Waals surface area (Å²) in [5.41, 5.74) is 3.24. The van der Waals surface area contributed by atoms with Gasteiger partial charge in [-0.1, -0.05) is 33.9 Å². The van der Waals surface area contributed by atoms with Crippen LogP contribution in [0, 0.1) is 11.5 Å². The molecule has 6 nitrogen and oxygen atoms in total. The lowest BCUT2D eigenvalue weighted by atomic mass is 10.1. The van der Waals surface area contributed by atoms with Crippen molar-refractivity contribution in [1.29, 1.82) is 0 Å². The van der Waals surface area contributed by atoms with Crippen LogP contribution in [0.1, 0.15) is 40.0 Å². The minimum Gasteiger partial charge on any atom is -0.480 e. The van der Waals surface area contributed by atoms with Crippen molar-refractivity contribution in [3.05, 3.63) is 0 Å². The molecule has 1 aliphatic heterocycles. The molecule has 7 heteroatoms. The van der Waals surface area contributed by atoms with Crippen LogP contribution in [0.3, 0.4) is 0 Å². The van der Waals surface area contributed by atoms with Gasteiger partial charge in [-0.3, -0.25) is 9.59 Å². The molecule has 0 aromatic rings. The average molecular weight is 338 g/mol. The van der Waals surface area contributed by atoms with Crippen molar-refractivity contribution >= 4 is 25.9 Å². The molecule has 3 N–H and O–H groups in total. The number of carboxylic acids is 1. The zero-order chi connectivity index (χ0) is 17.8. The molecule has 128 valence electrons. The van der Waals surface area contributed by atoms with Crippen LogP contribution in [0.25, 0.3) is 0 Å². The fraction of sp³-hybridized carbons (Fsp3) is 0.688. The molecule has 1 aliphatic rings. The first-order valence-electron chi connectivity index (χ1n) is 7.76. The molecule has 1 heterocycles. The Labute approximate surface area is 138 Å². The Morgan fingerprint density at radius 3 is 2.48 bits per heavy atom. The Bertz CT molecular complexity index is 555. The van der Waals surface area contributed by atoms with Crippen LogP contribution in [-0.4, -0.2) is 43.0 Å². The second-order valence-corrected chi connectivity index (χ2v) is 12.4. The lowest BCUT2D eigenvalue weighted by Gasteiger charge is -2.31. The summed E-state index contributed by atoms with van der Waals surface area (Å²) in [5.74, 6) is 1.18. The van der Waals surface area contributed by atoms with E-state index in [1.54, 1.807) is 0 Å². The van der Waals surface area contributed by atoms with Gasteiger partial charge in [0.25, 0.3) is 0 Å². The van der Waals surface area contributed by atoms with E-state index in [1.165, 1.54) is 0 Å². The van der Waals surface area contributed by atoms with Crippen molar-refractivity contribution in [2.24, 2.45) is 0 Å². The van der Waals surface area contributed by atoms with E-state index in [9.17, 15) is 19.5 Å². The molecular weight excluding hydrogens is 312 g/mol. The predicted molar refractivity (Wildman–Crippen MR) is 90.3 cm³/mol. The third kappa shape index (κ3) is 5.39. The normalized spacial score (nSPS) is 19.3. The lowest BCUT2D eigenvalue weighted by Crippen LogP contribution is -2.48. The number of hydrogen-bond donors (Lipinski definition) is 3. The molecule has 0 radical (unpaired) electrons. The van der Waals surface area contributed by atoms with Gasteiger partial charge in [0, 0.05) is 12.8 Å². The van der Waals surface area contributed by atoms with Crippen LogP contribution in [0.2, 0.25) is 18.1 Å². The number of nitrogens with one attached hydrogen (secondary N) is 2. The van der Waals surface area contributed by atoms with Gasteiger partial charge in [0.05, 0.1) is 0 Å². The second kappa shape index (κ2) is 7.17. The highest BCUT2D eigenvalue weighted by atomic mass is 28.3. The Morgan fingerprint density at radius 1 is 1.43 bits per heavy atom. The van der Waals surface area contributed by atoms with Crippen LogP contribution < -0.4 is 10.6 Å². The first-order chi connectivity index (χ1) is 10.4. The predicted octanol–water partition coefficient (Wildman–Crippen LogP) is 1.28. The molecule has 0 saturated carbocycles. The Kier molecular flexibility index (Phi) is 6.00. The minimum absolute atomic E-state index is 0.0637. The molecule has 2 amide bonds. The van der Waals surface area contributed by atoms with Gasteiger partial charge in [-0.25, -0.2) is 4.79 Å². The van der Waals surface area contributed by atoms with Crippen molar-refractivity contribution in [1.82, 2.24) is 10.6 Å². The SMILES string of the molecule is CC(C)(C)[Si](C)(C)C#CC[C@H](NC(=O)[C@H]1CCC(=O)N1)C(=O)O. The molecule has 0 aromatic carbocycles. The Hall–Kier alpha value is -1.81. The zero-order valence-corrected chi connectivity index (χ0v) is 15.4. The van der Waals surface area contributed by atoms with Gasteiger partial charge < -0.3 is 15.7 Å². The molecule has 2 atom stereocenters. The van der Waals surface area contributed by atoms with Crippen LogP contribution in [0.15, 0.2) is 0 Å². The summed E-state index contributed by atoms with van der Waals surface area (Å²) in [6.45, 7) is 10.7. The standard InChI is InChI=1S/C16H26N2O4Si/c1-16(2,3)23(4,5)10-6-7-12(15(21)22)18-14(20)11-8-9-13(19)17-11/h11-12H,7-9H2,1-5H3,(H,17,19)(H,18,20)(H,21,22)/t11-,12+/m1/s1. The number of aliphatic carboxylic acids is 1. The number of carbonyl (C=O) groups excluding carboxylic acids is 2. The van der Waals surface area contributed by atoms with Gasteiger partial charge >= 0.3 is 5.97 Å². The fourth-order valence-corrected chi connectivity index (χ4v) is 2.76. The second-order valence-electron chi connectivity index (χ2n) is 7.44. The van der Waals surface area contributed by atoms with Gasteiger partial charge in [-0.15, -0.1) is 11.5 Å². The highest BCUT2D eigenvalue weighted by Crippen LogP contribution is 2.35. The van der Waals surface area contributed by atoms with Crippen molar-refractivity contribution in [2.75, 3.05) is 0 Å². The molecule has 0 aromatic heterocycles. The van der Waals surface area contributed by atoms with Gasteiger partial charge in [0.15, 0.2) is 0 Å². The zero-order valence-electron chi connectivity index (χ0n) is 14.4. The molecule has 0 spiro atoms. The highest BCUT2D eigenvalue weighted by Gasteiger charge is 2.34. The molecule has 23 heavy (non-hydrogen) atoms. The quantitative estimate of drug-likeness (QED) is 0.531. The number of rotatable bonds is 4. The van der Waals surface area contributed by atoms with Crippen LogP contribution in [0.5, 0.6) is 0 Å². The smallest absolute Gasteiger partial charge is 0.327 e. The van der Waals surface area contributed by atoms with Crippen molar-refractivity contribution in [2.45, 2.75) is 70.2 Å². The Morgan fingerprint density at radius 2 is 2.04 bits per heavy atom. The number of amides is 2. The molecule has 0 bridgehead atoms. The fourth-order valence-electron chi connectivity index (χ4n) is 1.84. The molecule has 0 aliphatic carbocycles. The molecular formula is C16H26N2O4Si. The Balaban J connectivity index is 2.69. The third-order valence-electron chi connectivity index (χ3n) is 4.51. The molecule has 0 unspecified atom stereocenters. The summed E-state index contributed by atoms with van der Waals surface area (Å²) < 4.78 is 0. The first kappa shape index (κ1) is 19.2. The highest BCUT2D eigenvalue weighted by molar-refractivity contribution is 6.87. The lowest BCUT2D eigenvalue weighted by molar-refractivity contribution is -0.141. The van der Waals surface area contributed by atoms with Crippen molar-refractivity contribution < 1.29 is 19.5 Å². The van der Waals surface area contributed by atoms with Crippen LogP contribution in [-0.2, 0) is 14.4 Å². The number of hydrogen-bond acceptors (Lipinski definition) is 3. The van der Waals surface area contributed by atoms with Crippen LogP contribution in [0.4, 0.5) is 0 Å². The summed E-state index contributed by atoms with van der Waals surface area (Å²) >= 11 is 0. The maximum atomic E-state index is 12.0. The summed E-state index contributed by atoms with van der Waals surface area (Å²) in [5, 5.41) is 14.3. The van der Waals surface area contributed by atoms with Crippen molar-refractivity contribution in [3.63, 3.8) is 0 Å². The van der Waals surface area contributed by atoms with Gasteiger partial charge in [0.1, 0.15) is 20.2 Å². The number of carboxylic acid groups (broad SMARTS) is 1. The topological polar surface area (TPSA) is 95.5 Å². The first-order valence-corrected chi connectivity index (χ1v) is 10.8. The summed E-state index contributed by atoms with van der Waals surface area (Å²) in [6.07, 6.45) is 0.752. The van der Waals surface area contributed by atoms with E-state index in [0.29, 0.717) is 12.8 Å². The van der Waals surface area contributed by atoms with E-state index in [1.807, 2.05) is 0 Å². The van der Waals surface area contributed by atoms with E-state index in [-0.39, 0.29) is 17.4 Å². The molecule has 1 fully saturated rings. The summed E-state index contributed by atoms with van der Waals surface area (Å²) in [6, 6.07) is -1.70. The third-order valence-corrected chi connectivity index (χ3v) is 9.06. The largest absolute Gasteiger partial charge is 0.480 e. The van der Waals surface area contributed by atoms with Crippen LogP contribution >= 0.6 is 0 Å². The molecule has 1 rings (SSSR count). The molecule has 1 saturated heterocycles. The van der Waals surface area contributed by atoms with Gasteiger partial charge in [-0.05, 0) is 11.5 Å². The van der Waals surface area contributed by atoms with E-state index in [4.69, 9.17) is 0 Å². The maximum absolute atomic E-state index is 12.0. The minimum atomic E-state index is -1.80. The summed E-state index contributed by atoms with van der Waals surface area (Å²) in [7, 11) is -1.80. The monoisotopic (exact) mass is 338 g/mol. The van der Waals surface area contributed by atoms with E-state index >= 15 is 0 Å². The van der Waals surface area contributed by atoms with Gasteiger partial charge in [0.2, 0.25) is 11.8 Å². The van der Waals surface area contributed by atoms with E-state index in [0.717, 1.165) is 0 Å². The van der Waals surface area contributed by atoms with Crippen molar-refractivity contribution in [3.8, 4) is 11.5 Å². The number of carbonyl (C=O) groups is 3. The van der Waals surface area contributed by atoms with E-state index < -0.39 is 32.0 Å². The van der Waals surface area contributed by atoms with E-state index in [2.05, 4.69) is 56.0 Å². The summed E-state index contributed by atoms with van der Waals surface area (Å²) in [4.78, 5) is 34.4. The van der Waals surface area contributed by atoms with Gasteiger partial charge in [-0.2, -0.15) is 0 Å².